The molecule has 21 heavy (non-hydrogen) atoms. The van der Waals surface area contributed by atoms with E-state index in [1.807, 2.05) is 6.07 Å². The second kappa shape index (κ2) is 6.60. The van der Waals surface area contributed by atoms with Crippen molar-refractivity contribution in [3.63, 3.8) is 0 Å². The van der Waals surface area contributed by atoms with Crippen LogP contribution in [0, 0.1) is 24.0 Å². The predicted molar refractivity (Wildman–Crippen MR) is 86.4 cm³/mol. The van der Waals surface area contributed by atoms with Gasteiger partial charge in [-0.1, -0.05) is 12.1 Å². The molecule has 0 aliphatic carbocycles. The molecule has 0 unspecified atom stereocenters. The minimum Gasteiger partial charge on any atom is -0.318 e. The fourth-order valence-electron chi connectivity index (χ4n) is 1.91. The lowest BCUT2D eigenvalue weighted by molar-refractivity contribution is -0.384. The smallest absolute Gasteiger partial charge is 0.293 e. The van der Waals surface area contributed by atoms with Gasteiger partial charge in [0.15, 0.2) is 0 Å². The molecule has 5 nitrogen and oxygen atoms in total. The second-order valence-corrected chi connectivity index (χ2v) is 5.84. The summed E-state index contributed by atoms with van der Waals surface area (Å²) in [5, 5.41) is 11.0. The summed E-state index contributed by atoms with van der Waals surface area (Å²) >= 11 is 1.66. The van der Waals surface area contributed by atoms with Crippen LogP contribution < -0.4 is 11.3 Å². The van der Waals surface area contributed by atoms with Crippen molar-refractivity contribution in [2.45, 2.75) is 24.5 Å². The standard InChI is InChI=1S/C15H17N3O2S/c1-10-3-5-13(7-11(10)2)21-9-12-4-6-14(17-16)15(8-12)18(19)20/h3-8,17H,9,16H2,1-2H3. The molecule has 0 atom stereocenters. The quantitative estimate of drug-likeness (QED) is 0.380. The van der Waals surface area contributed by atoms with Crippen LogP contribution in [0.4, 0.5) is 11.4 Å². The number of nitrogen functional groups attached to an aromatic ring is 1. The van der Waals surface area contributed by atoms with E-state index in [4.69, 9.17) is 5.84 Å². The van der Waals surface area contributed by atoms with E-state index in [2.05, 4.69) is 37.5 Å². The van der Waals surface area contributed by atoms with Crippen LogP contribution in [0.1, 0.15) is 16.7 Å². The van der Waals surface area contributed by atoms with E-state index in [9.17, 15) is 10.1 Å². The highest BCUT2D eigenvalue weighted by atomic mass is 32.2. The number of nitro groups is 1. The molecule has 0 amide bonds. The summed E-state index contributed by atoms with van der Waals surface area (Å²) in [6, 6.07) is 11.3. The molecule has 0 bridgehead atoms. The molecular weight excluding hydrogens is 286 g/mol. The Hall–Kier alpha value is -2.05. The maximum atomic E-state index is 11.0. The normalized spacial score (nSPS) is 10.4. The zero-order chi connectivity index (χ0) is 15.4. The maximum absolute atomic E-state index is 11.0. The van der Waals surface area contributed by atoms with Gasteiger partial charge in [0.25, 0.3) is 5.69 Å². The van der Waals surface area contributed by atoms with Gasteiger partial charge in [-0.25, -0.2) is 0 Å². The Bertz CT molecular complexity index is 674. The highest BCUT2D eigenvalue weighted by Crippen LogP contribution is 2.29. The Labute approximate surface area is 127 Å². The molecule has 6 heteroatoms. The SMILES string of the molecule is Cc1ccc(SCc2ccc(NN)c([N+](=O)[O-])c2)cc1C. The summed E-state index contributed by atoms with van der Waals surface area (Å²) < 4.78 is 0. The van der Waals surface area contributed by atoms with Crippen molar-refractivity contribution in [2.75, 3.05) is 5.43 Å². The lowest BCUT2D eigenvalue weighted by Crippen LogP contribution is -2.09. The highest BCUT2D eigenvalue weighted by Gasteiger charge is 2.13. The number of nitrogens with zero attached hydrogens (tertiary/aromatic N) is 1. The molecule has 2 aromatic rings. The van der Waals surface area contributed by atoms with Gasteiger partial charge in [-0.2, -0.15) is 0 Å². The Morgan fingerprint density at radius 2 is 1.95 bits per heavy atom. The van der Waals surface area contributed by atoms with E-state index in [0.29, 0.717) is 11.4 Å². The number of thioether (sulfide) groups is 1. The zero-order valence-corrected chi connectivity index (χ0v) is 12.7. The van der Waals surface area contributed by atoms with E-state index in [0.717, 1.165) is 10.5 Å². The van der Waals surface area contributed by atoms with Gasteiger partial charge < -0.3 is 5.43 Å². The van der Waals surface area contributed by atoms with E-state index < -0.39 is 4.92 Å². The number of nitro benzene ring substituents is 1. The van der Waals surface area contributed by atoms with Crippen LogP contribution in [0.2, 0.25) is 0 Å². The molecule has 3 N–H and O–H groups in total. The van der Waals surface area contributed by atoms with Crippen molar-refractivity contribution in [2.24, 2.45) is 5.84 Å². The van der Waals surface area contributed by atoms with Crippen molar-refractivity contribution in [3.05, 3.63) is 63.2 Å². The third kappa shape index (κ3) is 3.74. The van der Waals surface area contributed by atoms with Gasteiger partial charge in [0.1, 0.15) is 5.69 Å². The summed E-state index contributed by atoms with van der Waals surface area (Å²) in [5.74, 6) is 5.95. The first kappa shape index (κ1) is 15.3. The number of benzene rings is 2. The maximum Gasteiger partial charge on any atom is 0.293 e. The molecule has 0 saturated carbocycles. The van der Waals surface area contributed by atoms with Crippen LogP contribution in [-0.2, 0) is 5.75 Å². The molecule has 0 saturated heterocycles. The van der Waals surface area contributed by atoms with Gasteiger partial charge >= 0.3 is 0 Å². The lowest BCUT2D eigenvalue weighted by Gasteiger charge is -2.07. The average molecular weight is 303 g/mol. The summed E-state index contributed by atoms with van der Waals surface area (Å²) in [6.07, 6.45) is 0. The molecule has 0 heterocycles. The molecule has 0 aromatic heterocycles. The molecular formula is C15H17N3O2S. The first-order valence-electron chi connectivity index (χ1n) is 6.45. The van der Waals surface area contributed by atoms with Crippen molar-refractivity contribution < 1.29 is 4.92 Å². The van der Waals surface area contributed by atoms with Gasteiger partial charge in [0.2, 0.25) is 0 Å². The Morgan fingerprint density at radius 1 is 1.19 bits per heavy atom. The first-order chi connectivity index (χ1) is 10.0. The summed E-state index contributed by atoms with van der Waals surface area (Å²) in [4.78, 5) is 11.7. The Balaban J connectivity index is 2.14. The van der Waals surface area contributed by atoms with E-state index in [-0.39, 0.29) is 5.69 Å². The van der Waals surface area contributed by atoms with Crippen LogP contribution >= 0.6 is 11.8 Å². The van der Waals surface area contributed by atoms with E-state index in [1.54, 1.807) is 23.9 Å². The lowest BCUT2D eigenvalue weighted by atomic mass is 10.1. The molecule has 2 rings (SSSR count). The van der Waals surface area contributed by atoms with Gasteiger partial charge in [-0.3, -0.25) is 16.0 Å². The third-order valence-electron chi connectivity index (χ3n) is 3.30. The number of rotatable bonds is 5. The third-order valence-corrected chi connectivity index (χ3v) is 4.36. The van der Waals surface area contributed by atoms with Crippen LogP contribution in [0.5, 0.6) is 0 Å². The molecule has 0 radical (unpaired) electrons. The Morgan fingerprint density at radius 3 is 2.57 bits per heavy atom. The predicted octanol–water partition coefficient (Wildman–Crippen LogP) is 3.79. The van der Waals surface area contributed by atoms with Crippen LogP contribution in [0.3, 0.4) is 0 Å². The number of hydrogen-bond acceptors (Lipinski definition) is 5. The van der Waals surface area contributed by atoms with E-state index >= 15 is 0 Å². The highest BCUT2D eigenvalue weighted by molar-refractivity contribution is 7.98. The van der Waals surface area contributed by atoms with Crippen LogP contribution in [0.15, 0.2) is 41.3 Å². The largest absolute Gasteiger partial charge is 0.318 e. The summed E-state index contributed by atoms with van der Waals surface area (Å²) in [5.41, 5.74) is 6.05. The Kier molecular flexibility index (Phi) is 4.82. The van der Waals surface area contributed by atoms with Gasteiger partial charge in [0, 0.05) is 16.7 Å². The topological polar surface area (TPSA) is 81.2 Å². The number of nitrogens with two attached hydrogens (primary N) is 1. The van der Waals surface area contributed by atoms with E-state index in [1.165, 1.54) is 11.1 Å². The van der Waals surface area contributed by atoms with Gasteiger partial charge in [-0.05, 0) is 48.7 Å². The number of anilines is 1. The van der Waals surface area contributed by atoms with Crippen molar-refractivity contribution in [1.82, 2.24) is 0 Å². The molecule has 2 aromatic carbocycles. The molecule has 0 aliphatic rings. The van der Waals surface area contributed by atoms with Gasteiger partial charge in [0.05, 0.1) is 4.92 Å². The second-order valence-electron chi connectivity index (χ2n) is 4.79. The number of nitrogens with one attached hydrogen (secondary N) is 1. The van der Waals surface area contributed by atoms with Gasteiger partial charge in [-0.15, -0.1) is 11.8 Å². The number of hydrogen-bond donors (Lipinski definition) is 2. The minimum atomic E-state index is -0.431. The van der Waals surface area contributed by atoms with Crippen molar-refractivity contribution in [3.8, 4) is 0 Å². The fourth-order valence-corrected chi connectivity index (χ4v) is 2.85. The van der Waals surface area contributed by atoms with Crippen LogP contribution in [-0.4, -0.2) is 4.92 Å². The molecule has 0 spiro atoms. The molecule has 0 fully saturated rings. The number of aryl methyl sites for hydroxylation is 2. The number of hydrazine groups is 1. The molecule has 0 aliphatic heterocycles. The average Bonchev–Trinajstić information content (AvgIpc) is 2.48. The zero-order valence-electron chi connectivity index (χ0n) is 11.9. The summed E-state index contributed by atoms with van der Waals surface area (Å²) in [7, 11) is 0. The summed E-state index contributed by atoms with van der Waals surface area (Å²) in [6.45, 7) is 4.15. The monoisotopic (exact) mass is 303 g/mol. The fraction of sp³-hybridized carbons (Fsp3) is 0.200. The van der Waals surface area contributed by atoms with Crippen molar-refractivity contribution in [1.29, 1.82) is 0 Å². The van der Waals surface area contributed by atoms with Crippen LogP contribution in [0.25, 0.3) is 0 Å². The first-order valence-corrected chi connectivity index (χ1v) is 7.44. The molecule has 110 valence electrons. The minimum absolute atomic E-state index is 0.00399. The van der Waals surface area contributed by atoms with Crippen molar-refractivity contribution >= 4 is 23.1 Å².